The van der Waals surface area contributed by atoms with Crippen molar-refractivity contribution >= 4 is 38.6 Å². The summed E-state index contributed by atoms with van der Waals surface area (Å²) in [6, 6.07) is 3.15. The highest BCUT2D eigenvalue weighted by atomic mass is 32.2. The molecule has 3 N–H and O–H groups in total. The number of sulfonamides is 1. The maximum Gasteiger partial charge on any atom is 0.252 e. The average molecular weight is 306 g/mol. The van der Waals surface area contributed by atoms with Crippen LogP contribution in [0.1, 0.15) is 17.7 Å². The summed E-state index contributed by atoms with van der Waals surface area (Å²) in [7, 11) is -3.47. The van der Waals surface area contributed by atoms with Gasteiger partial charge in [-0.3, -0.25) is 0 Å². The van der Waals surface area contributed by atoms with Gasteiger partial charge in [0.1, 0.15) is 9.20 Å². The number of hydrogen-bond donors (Lipinski definition) is 2. The average Bonchev–Trinajstić information content (AvgIpc) is 2.79. The van der Waals surface area contributed by atoms with Gasteiger partial charge in [0.2, 0.25) is 0 Å². The van der Waals surface area contributed by atoms with Gasteiger partial charge in [-0.15, -0.1) is 11.3 Å². The Morgan fingerprint density at radius 2 is 2.06 bits per heavy atom. The lowest BCUT2D eigenvalue weighted by molar-refractivity contribution is 0.113. The molecule has 1 aromatic heterocycles. The summed E-state index contributed by atoms with van der Waals surface area (Å²) in [5, 5.41) is 9.39. The lowest BCUT2D eigenvalue weighted by Gasteiger charge is -2.28. The molecule has 5 nitrogen and oxygen atoms in total. The number of thiophene rings is 1. The van der Waals surface area contributed by atoms with Crippen LogP contribution < -0.4 is 5.73 Å². The minimum Gasteiger partial charge on any atom is -0.393 e. The van der Waals surface area contributed by atoms with E-state index in [0.29, 0.717) is 30.8 Å². The van der Waals surface area contributed by atoms with Crippen molar-refractivity contribution in [3.8, 4) is 0 Å². The van der Waals surface area contributed by atoms with Gasteiger partial charge in [0.25, 0.3) is 10.0 Å². The second-order valence-electron chi connectivity index (χ2n) is 4.12. The van der Waals surface area contributed by atoms with E-state index in [1.54, 1.807) is 6.07 Å². The molecule has 18 heavy (non-hydrogen) atoms. The summed E-state index contributed by atoms with van der Waals surface area (Å²) in [4.78, 5) is 0.802. The zero-order chi connectivity index (χ0) is 13.3. The third-order valence-electron chi connectivity index (χ3n) is 2.84. The van der Waals surface area contributed by atoms with E-state index in [0.717, 1.165) is 11.3 Å². The molecule has 0 atom stereocenters. The minimum absolute atomic E-state index is 0.204. The highest BCUT2D eigenvalue weighted by Crippen LogP contribution is 2.27. The van der Waals surface area contributed by atoms with Gasteiger partial charge in [0.05, 0.1) is 11.0 Å². The Kier molecular flexibility index (Phi) is 4.02. The molecule has 0 unspecified atom stereocenters. The van der Waals surface area contributed by atoms with Gasteiger partial charge in [-0.1, -0.05) is 12.2 Å². The first-order chi connectivity index (χ1) is 8.41. The zero-order valence-corrected chi connectivity index (χ0v) is 12.0. The number of aliphatic hydroxyl groups is 1. The van der Waals surface area contributed by atoms with Crippen molar-refractivity contribution in [2.45, 2.75) is 23.2 Å². The van der Waals surface area contributed by atoms with E-state index >= 15 is 0 Å². The van der Waals surface area contributed by atoms with Crippen molar-refractivity contribution < 1.29 is 13.5 Å². The minimum atomic E-state index is -3.47. The summed E-state index contributed by atoms with van der Waals surface area (Å²) in [6.45, 7) is 0.702. The lowest BCUT2D eigenvalue weighted by Crippen LogP contribution is -2.39. The van der Waals surface area contributed by atoms with E-state index in [4.69, 9.17) is 18.0 Å². The predicted octanol–water partition coefficient (Wildman–Crippen LogP) is 0.528. The molecule has 0 aromatic carbocycles. The summed E-state index contributed by atoms with van der Waals surface area (Å²) < 4.78 is 26.3. The molecule has 1 aliphatic heterocycles. The van der Waals surface area contributed by atoms with Crippen LogP contribution in [0.3, 0.4) is 0 Å². The van der Waals surface area contributed by atoms with E-state index in [-0.39, 0.29) is 9.20 Å². The lowest BCUT2D eigenvalue weighted by atomic mass is 10.1. The second kappa shape index (κ2) is 5.22. The van der Waals surface area contributed by atoms with Crippen molar-refractivity contribution in [1.82, 2.24) is 4.31 Å². The van der Waals surface area contributed by atoms with Gasteiger partial charge in [-0.25, -0.2) is 8.42 Å². The van der Waals surface area contributed by atoms with Crippen molar-refractivity contribution in [2.24, 2.45) is 5.73 Å². The Bertz CT molecular complexity index is 544. The van der Waals surface area contributed by atoms with Crippen LogP contribution >= 0.6 is 23.6 Å². The van der Waals surface area contributed by atoms with E-state index < -0.39 is 16.1 Å². The first-order valence-corrected chi connectivity index (χ1v) is 8.15. The molecular formula is C10H14N2O3S3. The largest absolute Gasteiger partial charge is 0.393 e. The van der Waals surface area contributed by atoms with E-state index in [1.807, 2.05) is 0 Å². The van der Waals surface area contributed by atoms with Crippen LogP contribution in [0.5, 0.6) is 0 Å². The summed E-state index contributed by atoms with van der Waals surface area (Å²) in [6.07, 6.45) is 0.562. The molecule has 0 aliphatic carbocycles. The van der Waals surface area contributed by atoms with Crippen molar-refractivity contribution in [2.75, 3.05) is 13.1 Å². The molecule has 0 amide bonds. The molecule has 2 heterocycles. The summed E-state index contributed by atoms with van der Waals surface area (Å²) in [5.41, 5.74) is 5.47. The molecule has 1 aliphatic rings. The van der Waals surface area contributed by atoms with Crippen molar-refractivity contribution in [3.63, 3.8) is 0 Å². The molecule has 1 saturated heterocycles. The number of nitrogens with zero attached hydrogens (tertiary/aromatic N) is 1. The summed E-state index contributed by atoms with van der Waals surface area (Å²) >= 11 is 5.90. The molecule has 0 radical (unpaired) electrons. The normalized spacial score (nSPS) is 18.9. The monoisotopic (exact) mass is 306 g/mol. The zero-order valence-electron chi connectivity index (χ0n) is 9.57. The Labute approximate surface area is 115 Å². The standard InChI is InChI=1S/C10H14N2O3S3/c11-10(16)8-1-2-9(17-8)18(14,15)12-5-3-7(13)4-6-12/h1-2,7,13H,3-6H2,(H2,11,16). The molecule has 1 fully saturated rings. The Morgan fingerprint density at radius 3 is 2.56 bits per heavy atom. The highest BCUT2D eigenvalue weighted by Gasteiger charge is 2.29. The van der Waals surface area contributed by atoms with Crippen molar-refractivity contribution in [3.05, 3.63) is 17.0 Å². The van der Waals surface area contributed by atoms with Crippen LogP contribution in [0.15, 0.2) is 16.3 Å². The van der Waals surface area contributed by atoms with Crippen molar-refractivity contribution in [1.29, 1.82) is 0 Å². The predicted molar refractivity (Wildman–Crippen MR) is 74.2 cm³/mol. The van der Waals surface area contributed by atoms with Gasteiger partial charge in [0.15, 0.2) is 0 Å². The fourth-order valence-electron chi connectivity index (χ4n) is 1.80. The van der Waals surface area contributed by atoms with Crippen LogP contribution in [0.2, 0.25) is 0 Å². The number of aliphatic hydroxyl groups excluding tert-OH is 1. The van der Waals surface area contributed by atoms with Crippen LogP contribution in [0.25, 0.3) is 0 Å². The molecule has 8 heteroatoms. The van der Waals surface area contributed by atoms with Crippen LogP contribution in [0.4, 0.5) is 0 Å². The molecule has 0 bridgehead atoms. The van der Waals surface area contributed by atoms with Gasteiger partial charge >= 0.3 is 0 Å². The van der Waals surface area contributed by atoms with Crippen LogP contribution in [0, 0.1) is 0 Å². The number of piperidine rings is 1. The van der Waals surface area contributed by atoms with Gasteiger partial charge < -0.3 is 10.8 Å². The maximum atomic E-state index is 12.3. The number of thiocarbonyl (C=S) groups is 1. The molecule has 2 rings (SSSR count). The number of hydrogen-bond acceptors (Lipinski definition) is 5. The topological polar surface area (TPSA) is 83.6 Å². The summed E-state index contributed by atoms with van der Waals surface area (Å²) in [5.74, 6) is 0. The number of nitrogens with two attached hydrogens (primary N) is 1. The fourth-order valence-corrected chi connectivity index (χ4v) is 4.78. The Morgan fingerprint density at radius 1 is 1.44 bits per heavy atom. The molecular weight excluding hydrogens is 292 g/mol. The van der Waals surface area contributed by atoms with Crippen LogP contribution in [-0.4, -0.2) is 42.0 Å². The third kappa shape index (κ3) is 2.72. The smallest absolute Gasteiger partial charge is 0.252 e. The Balaban J connectivity index is 2.22. The van der Waals surface area contributed by atoms with E-state index in [9.17, 15) is 13.5 Å². The molecule has 1 aromatic rings. The second-order valence-corrected chi connectivity index (χ2v) is 7.81. The van der Waals surface area contributed by atoms with E-state index in [1.165, 1.54) is 10.4 Å². The first-order valence-electron chi connectivity index (χ1n) is 5.49. The third-order valence-corrected chi connectivity index (χ3v) is 6.68. The first kappa shape index (κ1) is 13.9. The fraction of sp³-hybridized carbons (Fsp3) is 0.500. The number of rotatable bonds is 3. The molecule has 0 spiro atoms. The quantitative estimate of drug-likeness (QED) is 0.796. The van der Waals surface area contributed by atoms with Gasteiger partial charge in [-0.2, -0.15) is 4.31 Å². The Hall–Kier alpha value is -0.540. The van der Waals surface area contributed by atoms with Gasteiger partial charge in [-0.05, 0) is 25.0 Å². The highest BCUT2D eigenvalue weighted by molar-refractivity contribution is 7.91. The SMILES string of the molecule is NC(=S)c1ccc(S(=O)(=O)N2CCC(O)CC2)s1. The maximum absolute atomic E-state index is 12.3. The van der Waals surface area contributed by atoms with E-state index in [2.05, 4.69) is 0 Å². The van der Waals surface area contributed by atoms with Crippen LogP contribution in [-0.2, 0) is 10.0 Å². The molecule has 0 saturated carbocycles. The van der Waals surface area contributed by atoms with Gasteiger partial charge in [0, 0.05) is 13.1 Å². The molecule has 100 valence electrons.